The van der Waals surface area contributed by atoms with Crippen LogP contribution in [0.2, 0.25) is 0 Å². The number of carbonyl (C=O) groups excluding carboxylic acids is 1. The summed E-state index contributed by atoms with van der Waals surface area (Å²) >= 11 is 0. The Morgan fingerprint density at radius 2 is 2.07 bits per heavy atom. The second-order valence-electron chi connectivity index (χ2n) is 8.07. The van der Waals surface area contributed by atoms with E-state index in [1.807, 2.05) is 18.2 Å². The van der Waals surface area contributed by atoms with Crippen LogP contribution in [0.25, 0.3) is 11.0 Å². The number of benzene rings is 1. The fourth-order valence-electron chi connectivity index (χ4n) is 4.78. The summed E-state index contributed by atoms with van der Waals surface area (Å²) < 4.78 is 7.63. The molecule has 1 amide bonds. The molecule has 2 heterocycles. The fraction of sp³-hybridized carbons (Fsp3) is 0.636. The Morgan fingerprint density at radius 3 is 2.86 bits per heavy atom. The fourth-order valence-corrected chi connectivity index (χ4v) is 4.78. The number of aliphatic hydroxyl groups is 1. The van der Waals surface area contributed by atoms with Crippen molar-refractivity contribution in [1.29, 1.82) is 0 Å². The number of aliphatic hydroxyl groups excluding tert-OH is 1. The number of nitrogens with one attached hydrogen (secondary N) is 1. The first-order valence-electron chi connectivity index (χ1n) is 10.9. The smallest absolute Gasteiger partial charge is 0.220 e. The standard InChI is InChI=1S/C22H32N4O3/c1-2-26-18-7-4-3-6-16(18)23-20(26)8-5-9-21(27)24-17-10-11-19(22(17)28)25-12-14-29-15-13-25/h3-4,6-7,17,19,22,28H,2,5,8-15H2,1H3,(H,24,27)/t17-,19-,22-/m1/s1. The second-order valence-corrected chi connectivity index (χ2v) is 8.07. The van der Waals surface area contributed by atoms with Gasteiger partial charge in [-0.25, -0.2) is 4.98 Å². The van der Waals surface area contributed by atoms with E-state index in [0.29, 0.717) is 6.42 Å². The number of para-hydroxylation sites is 2. The monoisotopic (exact) mass is 400 g/mol. The molecule has 4 rings (SSSR count). The zero-order valence-electron chi connectivity index (χ0n) is 17.2. The zero-order chi connectivity index (χ0) is 20.2. The van der Waals surface area contributed by atoms with Crippen molar-refractivity contribution in [3.63, 3.8) is 0 Å². The van der Waals surface area contributed by atoms with Crippen molar-refractivity contribution in [2.45, 2.75) is 63.8 Å². The molecule has 1 saturated carbocycles. The number of nitrogens with zero attached hydrogens (tertiary/aromatic N) is 3. The lowest BCUT2D eigenvalue weighted by molar-refractivity contribution is -0.122. The van der Waals surface area contributed by atoms with E-state index in [-0.39, 0.29) is 18.0 Å². The molecule has 0 bridgehead atoms. The largest absolute Gasteiger partial charge is 0.389 e. The Kier molecular flexibility index (Phi) is 6.47. The van der Waals surface area contributed by atoms with E-state index in [0.717, 1.165) is 75.4 Å². The van der Waals surface area contributed by atoms with Gasteiger partial charge in [0, 0.05) is 38.5 Å². The molecule has 1 saturated heterocycles. The van der Waals surface area contributed by atoms with Gasteiger partial charge in [0.25, 0.3) is 0 Å². The van der Waals surface area contributed by atoms with E-state index in [9.17, 15) is 9.90 Å². The predicted molar refractivity (Wildman–Crippen MR) is 112 cm³/mol. The van der Waals surface area contributed by atoms with Crippen molar-refractivity contribution in [1.82, 2.24) is 19.8 Å². The molecule has 3 atom stereocenters. The molecule has 7 heteroatoms. The highest BCUT2D eigenvalue weighted by Gasteiger charge is 2.39. The number of carbonyl (C=O) groups is 1. The van der Waals surface area contributed by atoms with Gasteiger partial charge in [0.15, 0.2) is 0 Å². The summed E-state index contributed by atoms with van der Waals surface area (Å²) in [7, 11) is 0. The van der Waals surface area contributed by atoms with E-state index in [4.69, 9.17) is 9.72 Å². The van der Waals surface area contributed by atoms with Crippen LogP contribution in [0.1, 0.15) is 38.4 Å². The van der Waals surface area contributed by atoms with Crippen molar-refractivity contribution in [3.8, 4) is 0 Å². The average Bonchev–Trinajstić information content (AvgIpc) is 3.28. The van der Waals surface area contributed by atoms with E-state index >= 15 is 0 Å². The van der Waals surface area contributed by atoms with Crippen LogP contribution in [0.5, 0.6) is 0 Å². The number of amides is 1. The van der Waals surface area contributed by atoms with E-state index in [2.05, 4.69) is 27.8 Å². The van der Waals surface area contributed by atoms with E-state index < -0.39 is 6.10 Å². The first kappa shape index (κ1) is 20.3. The van der Waals surface area contributed by atoms with Gasteiger partial charge in [0.1, 0.15) is 5.82 Å². The number of fused-ring (bicyclic) bond motifs is 1. The van der Waals surface area contributed by atoms with Crippen LogP contribution in [-0.2, 0) is 22.5 Å². The summed E-state index contributed by atoms with van der Waals surface area (Å²) in [5.74, 6) is 1.06. The zero-order valence-corrected chi connectivity index (χ0v) is 17.2. The molecule has 158 valence electrons. The quantitative estimate of drug-likeness (QED) is 0.740. The molecule has 0 spiro atoms. The van der Waals surface area contributed by atoms with Crippen LogP contribution in [0.3, 0.4) is 0 Å². The molecular weight excluding hydrogens is 368 g/mol. The molecule has 1 aromatic carbocycles. The first-order chi connectivity index (χ1) is 14.2. The van der Waals surface area contributed by atoms with Gasteiger partial charge in [-0.05, 0) is 38.3 Å². The lowest BCUT2D eigenvalue weighted by Crippen LogP contribution is -2.51. The Morgan fingerprint density at radius 1 is 1.28 bits per heavy atom. The van der Waals surface area contributed by atoms with Crippen LogP contribution >= 0.6 is 0 Å². The van der Waals surface area contributed by atoms with Crippen LogP contribution in [-0.4, -0.2) is 70.0 Å². The molecule has 1 aliphatic carbocycles. The molecule has 2 aliphatic rings. The van der Waals surface area contributed by atoms with Gasteiger partial charge in [-0.2, -0.15) is 0 Å². The molecule has 7 nitrogen and oxygen atoms in total. The number of aromatic nitrogens is 2. The summed E-state index contributed by atoms with van der Waals surface area (Å²) in [5.41, 5.74) is 2.16. The number of morpholine rings is 1. The minimum atomic E-state index is -0.499. The second kappa shape index (κ2) is 9.24. The highest BCUT2D eigenvalue weighted by Crippen LogP contribution is 2.26. The third kappa shape index (κ3) is 4.47. The number of hydrogen-bond donors (Lipinski definition) is 2. The maximum atomic E-state index is 12.5. The highest BCUT2D eigenvalue weighted by molar-refractivity contribution is 5.77. The molecule has 2 aromatic rings. The third-order valence-electron chi connectivity index (χ3n) is 6.30. The maximum Gasteiger partial charge on any atom is 0.220 e. The summed E-state index contributed by atoms with van der Waals surface area (Å²) in [5, 5.41) is 13.8. The van der Waals surface area contributed by atoms with Crippen LogP contribution in [0.4, 0.5) is 0 Å². The van der Waals surface area contributed by atoms with Gasteiger partial charge in [-0.1, -0.05) is 12.1 Å². The van der Waals surface area contributed by atoms with Gasteiger partial charge < -0.3 is 19.7 Å². The summed E-state index contributed by atoms with van der Waals surface area (Å²) in [6.45, 7) is 6.17. The lowest BCUT2D eigenvalue weighted by atomic mass is 10.1. The number of imidazole rings is 1. The van der Waals surface area contributed by atoms with E-state index in [1.54, 1.807) is 0 Å². The molecule has 0 unspecified atom stereocenters. The van der Waals surface area contributed by atoms with Crippen molar-refractivity contribution in [2.24, 2.45) is 0 Å². The maximum absolute atomic E-state index is 12.5. The Bertz CT molecular complexity index is 831. The first-order valence-corrected chi connectivity index (χ1v) is 10.9. The normalized spacial score (nSPS) is 25.5. The average molecular weight is 401 g/mol. The summed E-state index contributed by atoms with van der Waals surface area (Å²) in [6.07, 6.45) is 3.25. The SMILES string of the molecule is CCn1c(CCCC(=O)N[C@@H]2CC[C@@H](N3CCOCC3)[C@@H]2O)nc2ccccc21. The van der Waals surface area contributed by atoms with Gasteiger partial charge in [0.05, 0.1) is 36.4 Å². The summed E-state index contributed by atoms with van der Waals surface area (Å²) in [6, 6.07) is 8.15. The van der Waals surface area contributed by atoms with Crippen molar-refractivity contribution in [3.05, 3.63) is 30.1 Å². The minimum absolute atomic E-state index is 0.0239. The van der Waals surface area contributed by atoms with Crippen molar-refractivity contribution < 1.29 is 14.6 Å². The van der Waals surface area contributed by atoms with Gasteiger partial charge in [-0.15, -0.1) is 0 Å². The number of rotatable bonds is 7. The van der Waals surface area contributed by atoms with Gasteiger partial charge >= 0.3 is 0 Å². The van der Waals surface area contributed by atoms with Crippen LogP contribution < -0.4 is 5.32 Å². The Hall–Kier alpha value is -1.96. The molecule has 1 aromatic heterocycles. The number of hydrogen-bond acceptors (Lipinski definition) is 5. The molecule has 2 N–H and O–H groups in total. The van der Waals surface area contributed by atoms with Crippen molar-refractivity contribution >= 4 is 16.9 Å². The Labute approximate surface area is 172 Å². The topological polar surface area (TPSA) is 79.6 Å². The molecule has 2 fully saturated rings. The Balaban J connectivity index is 1.26. The predicted octanol–water partition coefficient (Wildman–Crippen LogP) is 1.72. The highest BCUT2D eigenvalue weighted by atomic mass is 16.5. The lowest BCUT2D eigenvalue weighted by Gasteiger charge is -2.34. The van der Waals surface area contributed by atoms with Crippen molar-refractivity contribution in [2.75, 3.05) is 26.3 Å². The van der Waals surface area contributed by atoms with E-state index in [1.165, 1.54) is 0 Å². The van der Waals surface area contributed by atoms with Crippen LogP contribution in [0.15, 0.2) is 24.3 Å². The molecule has 0 radical (unpaired) electrons. The van der Waals surface area contributed by atoms with Crippen LogP contribution in [0, 0.1) is 0 Å². The van der Waals surface area contributed by atoms with Gasteiger partial charge in [0.2, 0.25) is 5.91 Å². The van der Waals surface area contributed by atoms with Gasteiger partial charge in [-0.3, -0.25) is 9.69 Å². The molecular formula is C22H32N4O3. The number of aryl methyl sites for hydroxylation is 2. The minimum Gasteiger partial charge on any atom is -0.389 e. The molecule has 1 aliphatic heterocycles. The number of ether oxygens (including phenoxy) is 1. The summed E-state index contributed by atoms with van der Waals surface area (Å²) in [4.78, 5) is 19.5. The third-order valence-corrected chi connectivity index (χ3v) is 6.30. The molecule has 29 heavy (non-hydrogen) atoms.